The minimum absolute atomic E-state index is 0.0891. The van der Waals surface area contributed by atoms with Crippen molar-refractivity contribution in [2.24, 2.45) is 23.7 Å². The lowest BCUT2D eigenvalue weighted by atomic mass is 9.41. The number of hydrogen-bond donors (Lipinski definition) is 0. The van der Waals surface area contributed by atoms with Gasteiger partial charge in [0, 0.05) is 27.9 Å². The molecular formula is C56H63NO. The molecule has 7 aliphatic rings. The first kappa shape index (κ1) is 36.8. The fourth-order valence-corrected chi connectivity index (χ4v) is 13.9. The zero-order valence-electron chi connectivity index (χ0n) is 36.3. The van der Waals surface area contributed by atoms with Crippen molar-refractivity contribution < 1.29 is 4.74 Å². The number of fused-ring (bicyclic) bond motifs is 4. The van der Waals surface area contributed by atoms with E-state index in [4.69, 9.17) is 4.74 Å². The SMILES string of the molecule is CC1(C)CCC(C)(C)c2cc(N(c3ccc4c(c3)C(C)(C)CCC4(C)C)c3cccc4c3Oc3cccc(-c5ccccc5)c3C43C4CC5CC(C4)CC3C5)ccc21. The third-order valence-corrected chi connectivity index (χ3v) is 17.0. The second kappa shape index (κ2) is 12.4. The second-order valence-corrected chi connectivity index (χ2v) is 22.3. The number of rotatable bonds is 4. The second-order valence-electron chi connectivity index (χ2n) is 22.3. The molecule has 6 aliphatic carbocycles. The summed E-state index contributed by atoms with van der Waals surface area (Å²) in [5.74, 6) is 5.07. The Hall–Kier alpha value is -4.30. The van der Waals surface area contributed by atoms with Crippen molar-refractivity contribution >= 4 is 17.1 Å². The Morgan fingerprint density at radius 2 is 1.00 bits per heavy atom. The molecule has 58 heavy (non-hydrogen) atoms. The topological polar surface area (TPSA) is 12.5 Å². The number of anilines is 3. The summed E-state index contributed by atoms with van der Waals surface area (Å²) in [5, 5.41) is 0. The Labute approximate surface area is 348 Å². The van der Waals surface area contributed by atoms with Crippen molar-refractivity contribution in [3.63, 3.8) is 0 Å². The Bertz CT molecular complexity index is 2350. The highest BCUT2D eigenvalue weighted by Gasteiger charge is 2.62. The molecule has 1 aliphatic heterocycles. The summed E-state index contributed by atoms with van der Waals surface area (Å²) in [6.07, 6.45) is 11.5. The van der Waals surface area contributed by atoms with E-state index >= 15 is 0 Å². The predicted molar refractivity (Wildman–Crippen MR) is 241 cm³/mol. The molecule has 4 fully saturated rings. The molecule has 1 heterocycles. The van der Waals surface area contributed by atoms with E-state index in [0.717, 1.165) is 23.3 Å². The van der Waals surface area contributed by atoms with Crippen LogP contribution in [0.1, 0.15) is 147 Å². The minimum Gasteiger partial charge on any atom is -0.454 e. The smallest absolute Gasteiger partial charge is 0.155 e. The average Bonchev–Trinajstić information content (AvgIpc) is 3.20. The first-order valence-corrected chi connectivity index (χ1v) is 22.8. The van der Waals surface area contributed by atoms with E-state index in [1.54, 1.807) is 0 Å². The normalized spacial score (nSPS) is 28.5. The number of ether oxygens (including phenoxy) is 1. The van der Waals surface area contributed by atoms with Crippen LogP contribution in [0.3, 0.4) is 0 Å². The van der Waals surface area contributed by atoms with Crippen LogP contribution in [0.25, 0.3) is 11.1 Å². The van der Waals surface area contributed by atoms with Gasteiger partial charge in [-0.25, -0.2) is 0 Å². The molecule has 0 amide bonds. The summed E-state index contributed by atoms with van der Waals surface area (Å²) in [6, 6.07) is 40.3. The van der Waals surface area contributed by atoms with Gasteiger partial charge in [0.25, 0.3) is 0 Å². The van der Waals surface area contributed by atoms with Gasteiger partial charge in [-0.1, -0.05) is 122 Å². The van der Waals surface area contributed by atoms with Gasteiger partial charge in [-0.05, 0) is 173 Å². The standard InChI is InChI=1S/C56H63NO/c1-52(2)24-26-54(5,6)46-33-40(20-22-43(46)52)57(41-21-23-44-47(34-41)55(7,8)27-25-53(44,3)4)48-18-13-17-45-51(48)58-49-19-12-16-42(37-14-10-9-11-15-37)50(49)56(45)38-29-35-28-36(31-38)32-39(56)30-35/h9-23,33-36,38-39H,24-32H2,1-8H3. The summed E-state index contributed by atoms with van der Waals surface area (Å²) in [7, 11) is 0. The maximum atomic E-state index is 7.56. The number of nitrogens with zero attached hydrogens (tertiary/aromatic N) is 1. The van der Waals surface area contributed by atoms with Gasteiger partial charge >= 0.3 is 0 Å². The third kappa shape index (κ3) is 5.21. The van der Waals surface area contributed by atoms with Gasteiger partial charge < -0.3 is 9.64 Å². The molecule has 12 rings (SSSR count). The maximum Gasteiger partial charge on any atom is 0.155 e. The highest BCUT2D eigenvalue weighted by atomic mass is 16.5. The van der Waals surface area contributed by atoms with Crippen molar-refractivity contribution in [2.75, 3.05) is 4.90 Å². The molecule has 0 radical (unpaired) electrons. The van der Waals surface area contributed by atoms with Crippen LogP contribution in [0, 0.1) is 23.7 Å². The van der Waals surface area contributed by atoms with E-state index in [0.29, 0.717) is 11.8 Å². The van der Waals surface area contributed by atoms with Gasteiger partial charge in [-0.15, -0.1) is 0 Å². The Kier molecular flexibility index (Phi) is 7.84. The van der Waals surface area contributed by atoms with Crippen LogP contribution >= 0.6 is 0 Å². The first-order valence-electron chi connectivity index (χ1n) is 22.8. The van der Waals surface area contributed by atoms with Gasteiger partial charge in [0.05, 0.1) is 5.69 Å². The van der Waals surface area contributed by atoms with Crippen molar-refractivity contribution in [3.8, 4) is 22.6 Å². The zero-order chi connectivity index (χ0) is 40.0. The van der Waals surface area contributed by atoms with Gasteiger partial charge in [-0.2, -0.15) is 0 Å². The molecule has 298 valence electrons. The van der Waals surface area contributed by atoms with E-state index in [1.165, 1.54) is 119 Å². The van der Waals surface area contributed by atoms with Crippen molar-refractivity contribution in [1.29, 1.82) is 0 Å². The molecule has 0 saturated heterocycles. The summed E-state index contributed by atoms with van der Waals surface area (Å²) in [6.45, 7) is 19.6. The lowest BCUT2D eigenvalue weighted by Crippen LogP contribution is -2.57. The highest BCUT2D eigenvalue weighted by Crippen LogP contribution is 2.71. The van der Waals surface area contributed by atoms with E-state index in [1.807, 2.05) is 0 Å². The van der Waals surface area contributed by atoms with E-state index in [2.05, 4.69) is 163 Å². The van der Waals surface area contributed by atoms with Crippen LogP contribution in [0.5, 0.6) is 11.5 Å². The zero-order valence-corrected chi connectivity index (χ0v) is 36.3. The molecule has 2 nitrogen and oxygen atoms in total. The van der Waals surface area contributed by atoms with E-state index in [-0.39, 0.29) is 27.1 Å². The molecule has 4 bridgehead atoms. The summed E-state index contributed by atoms with van der Waals surface area (Å²) in [5.41, 5.74) is 15.6. The van der Waals surface area contributed by atoms with Gasteiger partial charge in [0.2, 0.25) is 0 Å². The predicted octanol–water partition coefficient (Wildman–Crippen LogP) is 15.4. The fraction of sp³-hybridized carbons (Fsp3) is 0.464. The van der Waals surface area contributed by atoms with Gasteiger partial charge in [0.1, 0.15) is 5.75 Å². The first-order chi connectivity index (χ1) is 27.7. The maximum absolute atomic E-state index is 7.56. The molecule has 0 unspecified atom stereocenters. The van der Waals surface area contributed by atoms with Crippen molar-refractivity contribution in [3.05, 3.63) is 137 Å². The molecule has 2 heteroatoms. The summed E-state index contributed by atoms with van der Waals surface area (Å²) < 4.78 is 7.56. The summed E-state index contributed by atoms with van der Waals surface area (Å²) >= 11 is 0. The summed E-state index contributed by atoms with van der Waals surface area (Å²) in [4.78, 5) is 2.60. The molecule has 5 aromatic rings. The molecular weight excluding hydrogens is 703 g/mol. The monoisotopic (exact) mass is 765 g/mol. The number of benzene rings is 5. The van der Waals surface area contributed by atoms with Gasteiger partial charge in [-0.3, -0.25) is 0 Å². The third-order valence-electron chi connectivity index (χ3n) is 17.0. The molecule has 5 aromatic carbocycles. The van der Waals surface area contributed by atoms with Crippen LogP contribution < -0.4 is 9.64 Å². The van der Waals surface area contributed by atoms with Gasteiger partial charge in [0.15, 0.2) is 5.75 Å². The molecule has 0 N–H and O–H groups in total. The fourth-order valence-electron chi connectivity index (χ4n) is 13.9. The van der Waals surface area contributed by atoms with Crippen LogP contribution in [0.4, 0.5) is 17.1 Å². The Balaban J connectivity index is 1.18. The van der Waals surface area contributed by atoms with E-state index < -0.39 is 0 Å². The largest absolute Gasteiger partial charge is 0.454 e. The lowest BCUT2D eigenvalue weighted by Gasteiger charge is -2.63. The van der Waals surface area contributed by atoms with Crippen LogP contribution in [0.15, 0.2) is 103 Å². The quantitative estimate of drug-likeness (QED) is 0.181. The number of para-hydroxylation sites is 1. The van der Waals surface area contributed by atoms with Crippen LogP contribution in [-0.4, -0.2) is 0 Å². The lowest BCUT2D eigenvalue weighted by molar-refractivity contribution is -0.0449. The average molecular weight is 766 g/mol. The highest BCUT2D eigenvalue weighted by molar-refractivity contribution is 5.86. The Morgan fingerprint density at radius 3 is 1.55 bits per heavy atom. The van der Waals surface area contributed by atoms with E-state index in [9.17, 15) is 0 Å². The Morgan fingerprint density at radius 1 is 0.483 bits per heavy atom. The van der Waals surface area contributed by atoms with Crippen molar-refractivity contribution in [1.82, 2.24) is 0 Å². The van der Waals surface area contributed by atoms with Crippen LogP contribution in [0.2, 0.25) is 0 Å². The number of hydrogen-bond acceptors (Lipinski definition) is 2. The molecule has 4 saturated carbocycles. The van der Waals surface area contributed by atoms with Crippen molar-refractivity contribution in [2.45, 2.75) is 140 Å². The molecule has 0 atom stereocenters. The van der Waals surface area contributed by atoms with Crippen LogP contribution in [-0.2, 0) is 27.1 Å². The molecule has 1 spiro atoms. The molecule has 0 aromatic heterocycles. The minimum atomic E-state index is -0.0891.